The normalized spacial score (nSPS) is 11.1. The first-order chi connectivity index (χ1) is 12.9. The molecule has 0 spiro atoms. The lowest BCUT2D eigenvalue weighted by atomic mass is 10.3. The minimum Gasteiger partial charge on any atom is -0.462 e. The van der Waals surface area contributed by atoms with Crippen LogP contribution in [-0.4, -0.2) is 29.9 Å². The summed E-state index contributed by atoms with van der Waals surface area (Å²) in [5.41, 5.74) is 1.19. The van der Waals surface area contributed by atoms with Crippen molar-refractivity contribution in [3.63, 3.8) is 0 Å². The molecule has 9 heteroatoms. The largest absolute Gasteiger partial charge is 0.462 e. The Morgan fingerprint density at radius 1 is 0.962 bits per heavy atom. The summed E-state index contributed by atoms with van der Waals surface area (Å²) in [5.74, 6) is 2.10. The quantitative estimate of drug-likeness (QED) is 0.481. The summed E-state index contributed by atoms with van der Waals surface area (Å²) >= 11 is 1.45. The molecule has 5 heterocycles. The lowest BCUT2D eigenvalue weighted by Gasteiger charge is -2.00. The Kier molecular flexibility index (Phi) is 3.42. The maximum atomic E-state index is 5.36. The molecule has 0 unspecified atom stereocenters. The van der Waals surface area contributed by atoms with E-state index in [0.29, 0.717) is 34.7 Å². The molecule has 5 rings (SSSR count). The molecule has 5 aromatic heterocycles. The molecule has 0 aliphatic heterocycles. The molecule has 0 fully saturated rings. The van der Waals surface area contributed by atoms with Gasteiger partial charge in [-0.2, -0.15) is 10.1 Å². The number of rotatable bonds is 4. The molecule has 0 radical (unpaired) electrons. The van der Waals surface area contributed by atoms with Crippen molar-refractivity contribution < 1.29 is 8.94 Å². The van der Waals surface area contributed by atoms with Gasteiger partial charge in [0.25, 0.3) is 5.89 Å². The van der Waals surface area contributed by atoms with Gasteiger partial charge in [0.15, 0.2) is 16.6 Å². The van der Waals surface area contributed by atoms with E-state index in [1.54, 1.807) is 17.1 Å². The highest BCUT2D eigenvalue weighted by Gasteiger charge is 2.16. The molecular weight excluding hydrogens is 352 g/mol. The van der Waals surface area contributed by atoms with Crippen LogP contribution in [0.1, 0.15) is 0 Å². The van der Waals surface area contributed by atoms with E-state index < -0.39 is 0 Å². The van der Waals surface area contributed by atoms with Gasteiger partial charge in [0, 0.05) is 17.8 Å². The van der Waals surface area contributed by atoms with Gasteiger partial charge in [-0.05, 0) is 30.3 Å². The summed E-state index contributed by atoms with van der Waals surface area (Å²) < 4.78 is 12.4. The Morgan fingerprint density at radius 2 is 1.96 bits per heavy atom. The van der Waals surface area contributed by atoms with Gasteiger partial charge in [-0.1, -0.05) is 11.2 Å². The van der Waals surface area contributed by atoms with E-state index in [4.69, 9.17) is 8.94 Å². The van der Waals surface area contributed by atoms with Crippen LogP contribution in [-0.2, 0) is 0 Å². The summed E-state index contributed by atoms with van der Waals surface area (Å²) in [7, 11) is 0. The van der Waals surface area contributed by atoms with Crippen LogP contribution in [0.5, 0.6) is 0 Å². The molecule has 26 heavy (non-hydrogen) atoms. The second kappa shape index (κ2) is 6.05. The molecule has 126 valence electrons. The third kappa shape index (κ3) is 2.60. The van der Waals surface area contributed by atoms with E-state index in [-0.39, 0.29) is 0 Å². The third-order valence-corrected chi connectivity index (χ3v) is 4.44. The summed E-state index contributed by atoms with van der Waals surface area (Å²) in [6, 6.07) is 11.0. The second-order valence-electron chi connectivity index (χ2n) is 5.27. The fraction of sp³-hybridized carbons (Fsp3) is 0. The fourth-order valence-electron chi connectivity index (χ4n) is 2.40. The van der Waals surface area contributed by atoms with Crippen LogP contribution in [0.3, 0.4) is 0 Å². The predicted molar refractivity (Wildman–Crippen MR) is 93.5 cm³/mol. The number of hydrogen-bond donors (Lipinski definition) is 0. The maximum Gasteiger partial charge on any atom is 0.277 e. The average molecular weight is 362 g/mol. The molecule has 8 nitrogen and oxygen atoms in total. The molecule has 5 aromatic rings. The Hall–Kier alpha value is -3.59. The minimum atomic E-state index is 0.334. The first-order valence-electron chi connectivity index (χ1n) is 7.68. The van der Waals surface area contributed by atoms with Crippen LogP contribution >= 0.6 is 11.3 Å². The predicted octanol–water partition coefficient (Wildman–Crippen LogP) is 3.70. The zero-order chi connectivity index (χ0) is 17.3. The Bertz CT molecular complexity index is 1140. The molecule has 0 bridgehead atoms. The van der Waals surface area contributed by atoms with Crippen LogP contribution in [0.15, 0.2) is 69.4 Å². The minimum absolute atomic E-state index is 0.334. The number of thiazole rings is 1. The Morgan fingerprint density at radius 3 is 2.81 bits per heavy atom. The van der Waals surface area contributed by atoms with Gasteiger partial charge in [0.05, 0.1) is 6.26 Å². The van der Waals surface area contributed by atoms with Gasteiger partial charge < -0.3 is 8.94 Å². The zero-order valence-electron chi connectivity index (χ0n) is 13.2. The molecular formula is C17H10N6O2S. The van der Waals surface area contributed by atoms with Gasteiger partial charge in [0.1, 0.15) is 11.4 Å². The van der Waals surface area contributed by atoms with Crippen molar-refractivity contribution in [3.8, 4) is 39.7 Å². The van der Waals surface area contributed by atoms with E-state index in [1.807, 2.05) is 48.0 Å². The monoisotopic (exact) mass is 362 g/mol. The van der Waals surface area contributed by atoms with Crippen molar-refractivity contribution in [3.05, 3.63) is 60.4 Å². The molecule has 0 aromatic carbocycles. The van der Waals surface area contributed by atoms with Crippen molar-refractivity contribution in [2.75, 3.05) is 0 Å². The van der Waals surface area contributed by atoms with Crippen LogP contribution in [0.25, 0.3) is 39.7 Å². The molecule has 0 saturated carbocycles. The van der Waals surface area contributed by atoms with E-state index in [1.165, 1.54) is 11.3 Å². The molecule has 0 aliphatic rings. The van der Waals surface area contributed by atoms with Crippen LogP contribution in [0, 0.1) is 0 Å². The summed E-state index contributed by atoms with van der Waals surface area (Å²) in [6.07, 6.45) is 5.12. The fourth-order valence-corrected chi connectivity index (χ4v) is 3.16. The van der Waals surface area contributed by atoms with Crippen molar-refractivity contribution >= 4 is 11.3 Å². The Labute approximate surface area is 150 Å². The first kappa shape index (κ1) is 14.7. The molecule has 0 saturated heterocycles. The molecule has 0 N–H and O–H groups in total. The van der Waals surface area contributed by atoms with Crippen molar-refractivity contribution in [1.82, 2.24) is 29.9 Å². The number of nitrogens with zero attached hydrogens (tertiary/aromatic N) is 6. The second-order valence-corrected chi connectivity index (χ2v) is 6.13. The average Bonchev–Trinajstić information content (AvgIpc) is 3.49. The number of aromatic nitrogens is 6. The van der Waals surface area contributed by atoms with Gasteiger partial charge in [0.2, 0.25) is 5.82 Å². The van der Waals surface area contributed by atoms with Gasteiger partial charge in [-0.15, -0.1) is 11.3 Å². The molecule has 0 aliphatic carbocycles. The van der Waals surface area contributed by atoms with E-state index in [9.17, 15) is 0 Å². The van der Waals surface area contributed by atoms with Crippen molar-refractivity contribution in [2.24, 2.45) is 0 Å². The summed E-state index contributed by atoms with van der Waals surface area (Å²) in [6.45, 7) is 0. The summed E-state index contributed by atoms with van der Waals surface area (Å²) in [5, 5.41) is 10.8. The topological polar surface area (TPSA) is 95.7 Å². The molecule has 0 atom stereocenters. The highest BCUT2D eigenvalue weighted by molar-refractivity contribution is 7.13. The first-order valence-corrected chi connectivity index (χ1v) is 8.56. The highest BCUT2D eigenvalue weighted by Crippen LogP contribution is 2.29. The number of pyridine rings is 1. The van der Waals surface area contributed by atoms with Crippen molar-refractivity contribution in [1.29, 1.82) is 0 Å². The van der Waals surface area contributed by atoms with Gasteiger partial charge in [-0.25, -0.2) is 14.6 Å². The number of hydrogen-bond acceptors (Lipinski definition) is 8. The van der Waals surface area contributed by atoms with E-state index in [2.05, 4.69) is 25.2 Å². The standard InChI is InChI=1S/C17H10N6O2S/c1-4-11(19-14(6-1)23-8-3-7-18-23)15-21-16(25-22-15)12-10-26-17(20-12)13-5-2-9-24-13/h1-10H. The van der Waals surface area contributed by atoms with Crippen molar-refractivity contribution in [2.45, 2.75) is 0 Å². The summed E-state index contributed by atoms with van der Waals surface area (Å²) in [4.78, 5) is 13.4. The third-order valence-electron chi connectivity index (χ3n) is 3.58. The zero-order valence-corrected chi connectivity index (χ0v) is 14.0. The Balaban J connectivity index is 1.47. The maximum absolute atomic E-state index is 5.36. The van der Waals surface area contributed by atoms with Gasteiger partial charge in [-0.3, -0.25) is 0 Å². The van der Waals surface area contributed by atoms with E-state index >= 15 is 0 Å². The lowest BCUT2D eigenvalue weighted by Crippen LogP contribution is -1.98. The van der Waals surface area contributed by atoms with Crippen LogP contribution in [0.4, 0.5) is 0 Å². The highest BCUT2D eigenvalue weighted by atomic mass is 32.1. The van der Waals surface area contributed by atoms with Crippen LogP contribution in [0.2, 0.25) is 0 Å². The van der Waals surface area contributed by atoms with Crippen LogP contribution < -0.4 is 0 Å². The SMILES string of the molecule is c1cc(-c2noc(-c3csc(-c4ccco4)n3)n2)nc(-n2cccn2)c1. The number of furan rings is 1. The lowest BCUT2D eigenvalue weighted by molar-refractivity contribution is 0.431. The van der Waals surface area contributed by atoms with Gasteiger partial charge >= 0.3 is 0 Å². The smallest absolute Gasteiger partial charge is 0.277 e. The molecule has 0 amide bonds. The van der Waals surface area contributed by atoms with E-state index in [0.717, 1.165) is 5.01 Å².